The van der Waals surface area contributed by atoms with Crippen LogP contribution in [0.1, 0.15) is 23.7 Å². The lowest BCUT2D eigenvalue weighted by Crippen LogP contribution is -2.43. The molecule has 0 aliphatic carbocycles. The van der Waals surface area contributed by atoms with Crippen LogP contribution < -0.4 is 5.32 Å². The van der Waals surface area contributed by atoms with Gasteiger partial charge in [0.1, 0.15) is 0 Å². The van der Waals surface area contributed by atoms with E-state index >= 15 is 0 Å². The third-order valence-electron chi connectivity index (χ3n) is 4.26. The summed E-state index contributed by atoms with van der Waals surface area (Å²) in [5, 5.41) is 3.96. The minimum absolute atomic E-state index is 0.0272. The van der Waals surface area contributed by atoms with Crippen LogP contribution in [0.4, 0.5) is 0 Å². The fourth-order valence-corrected chi connectivity index (χ4v) is 2.94. The minimum Gasteiger partial charge on any atom is -0.375 e. The second kappa shape index (κ2) is 6.94. The Morgan fingerprint density at radius 1 is 1.45 bits per heavy atom. The highest BCUT2D eigenvalue weighted by Crippen LogP contribution is 2.17. The Morgan fingerprint density at radius 2 is 2.32 bits per heavy atom. The van der Waals surface area contributed by atoms with Crippen molar-refractivity contribution >= 4 is 16.8 Å². The molecule has 1 fully saturated rings. The molecule has 22 heavy (non-hydrogen) atoms. The number of hydrogen-bond acceptors (Lipinski definition) is 3. The van der Waals surface area contributed by atoms with Gasteiger partial charge in [0.15, 0.2) is 0 Å². The zero-order chi connectivity index (χ0) is 15.4. The van der Waals surface area contributed by atoms with Gasteiger partial charge in [0.2, 0.25) is 0 Å². The number of amides is 1. The van der Waals surface area contributed by atoms with E-state index in [4.69, 9.17) is 4.74 Å². The Labute approximate surface area is 130 Å². The first-order chi connectivity index (χ1) is 10.8. The molecule has 5 heteroatoms. The first-order valence-electron chi connectivity index (χ1n) is 7.96. The van der Waals surface area contributed by atoms with Crippen molar-refractivity contribution < 1.29 is 9.53 Å². The van der Waals surface area contributed by atoms with Crippen LogP contribution in [0, 0.1) is 0 Å². The minimum atomic E-state index is -0.0272. The van der Waals surface area contributed by atoms with Crippen molar-refractivity contribution in [3.05, 3.63) is 36.0 Å². The number of morpholine rings is 1. The first-order valence-corrected chi connectivity index (χ1v) is 7.96. The monoisotopic (exact) mass is 301 g/mol. The van der Waals surface area contributed by atoms with Gasteiger partial charge in [0, 0.05) is 36.7 Å². The molecular formula is C17H23N3O2. The molecule has 2 heterocycles. The summed E-state index contributed by atoms with van der Waals surface area (Å²) in [7, 11) is 0. The lowest BCUT2D eigenvalue weighted by Gasteiger charge is -2.32. The van der Waals surface area contributed by atoms with Crippen molar-refractivity contribution in [2.24, 2.45) is 0 Å². The van der Waals surface area contributed by atoms with Crippen molar-refractivity contribution in [2.75, 3.05) is 32.8 Å². The van der Waals surface area contributed by atoms with E-state index in [1.165, 1.54) is 0 Å². The lowest BCUT2D eigenvalue weighted by molar-refractivity contribution is -0.0296. The second-order valence-electron chi connectivity index (χ2n) is 5.68. The molecule has 0 bridgehead atoms. The van der Waals surface area contributed by atoms with Gasteiger partial charge in [-0.1, -0.05) is 25.1 Å². The number of aromatic nitrogens is 1. The molecule has 1 aliphatic rings. The number of nitrogens with one attached hydrogen (secondary N) is 2. The van der Waals surface area contributed by atoms with E-state index in [1.807, 2.05) is 24.3 Å². The van der Waals surface area contributed by atoms with Crippen molar-refractivity contribution in [2.45, 2.75) is 19.4 Å². The van der Waals surface area contributed by atoms with Crippen molar-refractivity contribution in [3.63, 3.8) is 0 Å². The number of aromatic amines is 1. The van der Waals surface area contributed by atoms with E-state index in [-0.39, 0.29) is 12.0 Å². The third kappa shape index (κ3) is 3.31. The van der Waals surface area contributed by atoms with Gasteiger partial charge in [-0.05, 0) is 19.0 Å². The quantitative estimate of drug-likeness (QED) is 0.888. The molecule has 5 nitrogen and oxygen atoms in total. The van der Waals surface area contributed by atoms with Crippen LogP contribution in [0.25, 0.3) is 10.9 Å². The summed E-state index contributed by atoms with van der Waals surface area (Å²) in [6.45, 7) is 6.62. The topological polar surface area (TPSA) is 57.4 Å². The zero-order valence-corrected chi connectivity index (χ0v) is 13.0. The second-order valence-corrected chi connectivity index (χ2v) is 5.68. The average molecular weight is 301 g/mol. The van der Waals surface area contributed by atoms with Crippen LogP contribution in [0.2, 0.25) is 0 Å². The highest BCUT2D eigenvalue weighted by molar-refractivity contribution is 6.06. The molecule has 3 rings (SSSR count). The number of benzene rings is 1. The van der Waals surface area contributed by atoms with Crippen LogP contribution in [0.15, 0.2) is 30.5 Å². The summed E-state index contributed by atoms with van der Waals surface area (Å²) >= 11 is 0. The molecule has 118 valence electrons. The number of nitrogens with zero attached hydrogens (tertiary/aromatic N) is 1. The number of carbonyl (C=O) groups is 1. The maximum atomic E-state index is 12.3. The van der Waals surface area contributed by atoms with Crippen molar-refractivity contribution in [3.8, 4) is 0 Å². The molecule has 1 aliphatic heterocycles. The Balaban J connectivity index is 1.52. The van der Waals surface area contributed by atoms with Gasteiger partial charge >= 0.3 is 0 Å². The van der Waals surface area contributed by atoms with E-state index in [0.717, 1.165) is 43.6 Å². The summed E-state index contributed by atoms with van der Waals surface area (Å²) in [4.78, 5) is 17.8. The molecule has 2 aromatic rings. The SMILES string of the molecule is CCN1CCO[C@@H](CCNC(=O)c2c[nH]c3ccccc23)C1. The highest BCUT2D eigenvalue weighted by Gasteiger charge is 2.19. The summed E-state index contributed by atoms with van der Waals surface area (Å²) in [5.41, 5.74) is 1.69. The van der Waals surface area contributed by atoms with Crippen LogP contribution in [0.3, 0.4) is 0 Å². The van der Waals surface area contributed by atoms with Crippen LogP contribution in [0.5, 0.6) is 0 Å². The number of H-pyrrole nitrogens is 1. The Hall–Kier alpha value is -1.85. The summed E-state index contributed by atoms with van der Waals surface area (Å²) in [6.07, 6.45) is 2.84. The van der Waals surface area contributed by atoms with Gasteiger partial charge in [0.25, 0.3) is 5.91 Å². The third-order valence-corrected chi connectivity index (χ3v) is 4.26. The van der Waals surface area contributed by atoms with E-state index in [9.17, 15) is 4.79 Å². The molecule has 0 radical (unpaired) electrons. The number of likely N-dealkylation sites (N-methyl/N-ethyl adjacent to an activating group) is 1. The maximum Gasteiger partial charge on any atom is 0.253 e. The van der Waals surface area contributed by atoms with Crippen LogP contribution in [-0.2, 0) is 4.74 Å². The van der Waals surface area contributed by atoms with Gasteiger partial charge in [0.05, 0.1) is 18.3 Å². The van der Waals surface area contributed by atoms with Gasteiger partial charge in [-0.3, -0.25) is 9.69 Å². The molecule has 1 saturated heterocycles. The molecule has 0 unspecified atom stereocenters. The number of para-hydroxylation sites is 1. The van der Waals surface area contributed by atoms with E-state index in [1.54, 1.807) is 6.20 Å². The molecule has 1 atom stereocenters. The van der Waals surface area contributed by atoms with E-state index in [2.05, 4.69) is 22.1 Å². The standard InChI is InChI=1S/C17H23N3O2/c1-2-20-9-10-22-13(12-20)7-8-18-17(21)15-11-19-16-6-4-3-5-14(15)16/h3-6,11,13,19H,2,7-10,12H2,1H3,(H,18,21)/t13-/m0/s1. The molecule has 1 amide bonds. The first kappa shape index (κ1) is 15.1. The summed E-state index contributed by atoms with van der Waals surface area (Å²) in [6, 6.07) is 7.84. The fraction of sp³-hybridized carbons (Fsp3) is 0.471. The summed E-state index contributed by atoms with van der Waals surface area (Å²) in [5.74, 6) is -0.0272. The van der Waals surface area contributed by atoms with Gasteiger partial charge < -0.3 is 15.0 Å². The molecule has 0 saturated carbocycles. The predicted molar refractivity (Wildman–Crippen MR) is 87.1 cm³/mol. The number of hydrogen-bond donors (Lipinski definition) is 2. The number of rotatable bonds is 5. The Bertz CT molecular complexity index is 638. The van der Waals surface area contributed by atoms with Crippen LogP contribution >= 0.6 is 0 Å². The van der Waals surface area contributed by atoms with Crippen molar-refractivity contribution in [1.29, 1.82) is 0 Å². The highest BCUT2D eigenvalue weighted by atomic mass is 16.5. The average Bonchev–Trinajstić information content (AvgIpc) is 2.99. The molecule has 2 N–H and O–H groups in total. The van der Waals surface area contributed by atoms with Crippen LogP contribution in [-0.4, -0.2) is 54.7 Å². The van der Waals surface area contributed by atoms with E-state index in [0.29, 0.717) is 12.1 Å². The molecular weight excluding hydrogens is 278 g/mol. The largest absolute Gasteiger partial charge is 0.375 e. The predicted octanol–water partition coefficient (Wildman–Crippen LogP) is 2.01. The molecule has 1 aromatic carbocycles. The maximum absolute atomic E-state index is 12.3. The zero-order valence-electron chi connectivity index (χ0n) is 13.0. The Kier molecular flexibility index (Phi) is 4.75. The number of carbonyl (C=O) groups excluding carboxylic acids is 1. The van der Waals surface area contributed by atoms with Gasteiger partial charge in [-0.25, -0.2) is 0 Å². The smallest absolute Gasteiger partial charge is 0.253 e. The van der Waals surface area contributed by atoms with E-state index < -0.39 is 0 Å². The number of ether oxygens (including phenoxy) is 1. The Morgan fingerprint density at radius 3 is 3.18 bits per heavy atom. The summed E-state index contributed by atoms with van der Waals surface area (Å²) < 4.78 is 5.75. The molecule has 0 spiro atoms. The van der Waals surface area contributed by atoms with Gasteiger partial charge in [-0.15, -0.1) is 0 Å². The normalized spacial score (nSPS) is 19.4. The molecule has 1 aromatic heterocycles. The fourth-order valence-electron chi connectivity index (χ4n) is 2.94. The van der Waals surface area contributed by atoms with Crippen molar-refractivity contribution in [1.82, 2.24) is 15.2 Å². The lowest BCUT2D eigenvalue weighted by atomic mass is 10.1. The van der Waals surface area contributed by atoms with Gasteiger partial charge in [-0.2, -0.15) is 0 Å². The number of fused-ring (bicyclic) bond motifs is 1.